The number of anilines is 2. The van der Waals surface area contributed by atoms with Crippen molar-refractivity contribution in [2.24, 2.45) is 0 Å². The fraction of sp³-hybridized carbons (Fsp3) is 0.0588. The average molecular weight is 358 g/mol. The number of amides is 1. The maximum atomic E-state index is 13.2. The summed E-state index contributed by atoms with van der Waals surface area (Å²) >= 11 is 5.74. The maximum Gasteiger partial charge on any atom is 0.270 e. The Bertz CT molecular complexity index is 891. The molecule has 0 bridgehead atoms. The van der Waals surface area contributed by atoms with Gasteiger partial charge in [-0.05, 0) is 42.0 Å². The summed E-state index contributed by atoms with van der Waals surface area (Å²) in [7, 11) is 0. The van der Waals surface area contributed by atoms with Gasteiger partial charge >= 0.3 is 0 Å². The first kappa shape index (κ1) is 16.8. The van der Waals surface area contributed by atoms with Crippen LogP contribution in [0.15, 0.2) is 55.0 Å². The zero-order chi connectivity index (χ0) is 17.6. The van der Waals surface area contributed by atoms with E-state index in [-0.39, 0.29) is 22.6 Å². The standard InChI is InChI=1S/C17H13ClFN5O/c18-13-9-12(1-2-14(13)19)23-17-21-8-5-15(24-17)16(25)22-10-11-3-6-20-7-4-11/h1-9H,10H2,(H,22,25)(H,21,23,24). The van der Waals surface area contributed by atoms with E-state index in [1.165, 1.54) is 30.5 Å². The molecule has 0 aliphatic carbocycles. The lowest BCUT2D eigenvalue weighted by Crippen LogP contribution is -2.24. The van der Waals surface area contributed by atoms with Gasteiger partial charge in [-0.25, -0.2) is 14.4 Å². The second-order valence-electron chi connectivity index (χ2n) is 5.06. The number of halogens is 2. The maximum absolute atomic E-state index is 13.2. The Balaban J connectivity index is 1.68. The number of carbonyl (C=O) groups excluding carboxylic acids is 1. The quantitative estimate of drug-likeness (QED) is 0.732. The minimum absolute atomic E-state index is 0.0174. The molecule has 1 aromatic carbocycles. The minimum Gasteiger partial charge on any atom is -0.347 e. The van der Waals surface area contributed by atoms with E-state index in [2.05, 4.69) is 25.6 Å². The number of benzene rings is 1. The number of pyridine rings is 1. The molecule has 8 heteroatoms. The van der Waals surface area contributed by atoms with Crippen molar-refractivity contribution >= 4 is 29.1 Å². The molecule has 0 unspecified atom stereocenters. The SMILES string of the molecule is O=C(NCc1ccncc1)c1ccnc(Nc2ccc(F)c(Cl)c2)n1. The Morgan fingerprint density at radius 3 is 2.68 bits per heavy atom. The van der Waals surface area contributed by atoms with E-state index >= 15 is 0 Å². The zero-order valence-electron chi connectivity index (χ0n) is 12.9. The summed E-state index contributed by atoms with van der Waals surface area (Å²) in [6, 6.07) is 9.27. The first-order chi connectivity index (χ1) is 12.1. The fourth-order valence-electron chi connectivity index (χ4n) is 2.02. The summed E-state index contributed by atoms with van der Waals surface area (Å²) in [6.07, 6.45) is 4.77. The minimum atomic E-state index is -0.516. The number of carbonyl (C=O) groups is 1. The van der Waals surface area contributed by atoms with Gasteiger partial charge in [0.2, 0.25) is 5.95 Å². The number of hydrogen-bond acceptors (Lipinski definition) is 5. The Morgan fingerprint density at radius 2 is 1.92 bits per heavy atom. The molecular formula is C17H13ClFN5O. The van der Waals surface area contributed by atoms with Crippen molar-refractivity contribution in [1.82, 2.24) is 20.3 Å². The number of nitrogens with zero attached hydrogens (tertiary/aromatic N) is 3. The monoisotopic (exact) mass is 357 g/mol. The van der Waals surface area contributed by atoms with E-state index in [9.17, 15) is 9.18 Å². The topological polar surface area (TPSA) is 79.8 Å². The van der Waals surface area contributed by atoms with Crippen molar-refractivity contribution in [3.63, 3.8) is 0 Å². The Hall–Kier alpha value is -3.06. The molecule has 6 nitrogen and oxygen atoms in total. The van der Waals surface area contributed by atoms with Crippen LogP contribution in [0.25, 0.3) is 0 Å². The van der Waals surface area contributed by atoms with Crippen LogP contribution in [0.1, 0.15) is 16.1 Å². The highest BCUT2D eigenvalue weighted by atomic mass is 35.5. The van der Waals surface area contributed by atoms with Gasteiger partial charge in [0.25, 0.3) is 5.91 Å². The van der Waals surface area contributed by atoms with Crippen LogP contribution in [0.4, 0.5) is 16.0 Å². The summed E-state index contributed by atoms with van der Waals surface area (Å²) in [5.41, 5.74) is 1.65. The largest absolute Gasteiger partial charge is 0.347 e. The summed E-state index contributed by atoms with van der Waals surface area (Å²) in [6.45, 7) is 0.363. The molecule has 2 N–H and O–H groups in total. The van der Waals surface area contributed by atoms with Crippen molar-refractivity contribution in [1.29, 1.82) is 0 Å². The molecule has 126 valence electrons. The Morgan fingerprint density at radius 1 is 1.12 bits per heavy atom. The van der Waals surface area contributed by atoms with Crippen LogP contribution in [0.2, 0.25) is 5.02 Å². The third-order valence-electron chi connectivity index (χ3n) is 3.27. The molecule has 0 fully saturated rings. The Labute approximate surface area is 148 Å². The molecule has 0 radical (unpaired) electrons. The molecule has 25 heavy (non-hydrogen) atoms. The third kappa shape index (κ3) is 4.48. The van der Waals surface area contributed by atoms with Crippen molar-refractivity contribution in [2.45, 2.75) is 6.54 Å². The predicted octanol–water partition coefficient (Wildman–Crippen LogP) is 3.34. The third-order valence-corrected chi connectivity index (χ3v) is 3.56. The molecule has 0 saturated heterocycles. The molecule has 0 saturated carbocycles. The lowest BCUT2D eigenvalue weighted by atomic mass is 10.2. The lowest BCUT2D eigenvalue weighted by Gasteiger charge is -2.08. The van der Waals surface area contributed by atoms with Gasteiger partial charge in [0.05, 0.1) is 5.02 Å². The van der Waals surface area contributed by atoms with E-state index in [1.807, 2.05) is 12.1 Å². The van der Waals surface area contributed by atoms with Crippen LogP contribution in [0.5, 0.6) is 0 Å². The van der Waals surface area contributed by atoms with E-state index in [1.54, 1.807) is 12.4 Å². The lowest BCUT2D eigenvalue weighted by molar-refractivity contribution is 0.0946. The normalized spacial score (nSPS) is 10.3. The van der Waals surface area contributed by atoms with Gasteiger partial charge < -0.3 is 10.6 Å². The van der Waals surface area contributed by atoms with E-state index < -0.39 is 5.82 Å². The van der Waals surface area contributed by atoms with Crippen molar-refractivity contribution in [3.8, 4) is 0 Å². The van der Waals surface area contributed by atoms with Crippen LogP contribution in [0, 0.1) is 5.82 Å². The van der Waals surface area contributed by atoms with Gasteiger partial charge in [-0.2, -0.15) is 0 Å². The smallest absolute Gasteiger partial charge is 0.270 e. The van der Waals surface area contributed by atoms with Gasteiger partial charge in [0.1, 0.15) is 11.5 Å². The van der Waals surface area contributed by atoms with E-state index in [0.29, 0.717) is 12.2 Å². The van der Waals surface area contributed by atoms with Gasteiger partial charge in [0, 0.05) is 30.8 Å². The van der Waals surface area contributed by atoms with Crippen molar-refractivity contribution in [2.75, 3.05) is 5.32 Å². The zero-order valence-corrected chi connectivity index (χ0v) is 13.7. The first-order valence-corrected chi connectivity index (χ1v) is 7.72. The first-order valence-electron chi connectivity index (χ1n) is 7.34. The highest BCUT2D eigenvalue weighted by Gasteiger charge is 2.09. The highest BCUT2D eigenvalue weighted by molar-refractivity contribution is 6.31. The van der Waals surface area contributed by atoms with E-state index in [4.69, 9.17) is 11.6 Å². The number of aromatic nitrogens is 3. The fourth-order valence-corrected chi connectivity index (χ4v) is 2.20. The molecule has 0 spiro atoms. The molecule has 0 aliphatic heterocycles. The average Bonchev–Trinajstić information content (AvgIpc) is 2.64. The summed E-state index contributed by atoms with van der Waals surface area (Å²) in [4.78, 5) is 24.3. The molecule has 3 rings (SSSR count). The molecule has 1 amide bonds. The van der Waals surface area contributed by atoms with Crippen LogP contribution in [-0.4, -0.2) is 20.9 Å². The molecular weight excluding hydrogens is 345 g/mol. The van der Waals surface area contributed by atoms with Gasteiger partial charge in [-0.1, -0.05) is 11.6 Å². The Kier molecular flexibility index (Phi) is 5.15. The predicted molar refractivity (Wildman–Crippen MR) is 92.1 cm³/mol. The van der Waals surface area contributed by atoms with Crippen LogP contribution >= 0.6 is 11.6 Å². The van der Waals surface area contributed by atoms with Gasteiger partial charge in [0.15, 0.2) is 0 Å². The molecule has 2 heterocycles. The molecule has 0 aliphatic rings. The molecule has 0 atom stereocenters. The molecule has 2 aromatic heterocycles. The van der Waals surface area contributed by atoms with Crippen LogP contribution in [-0.2, 0) is 6.54 Å². The van der Waals surface area contributed by atoms with Gasteiger partial charge in [-0.3, -0.25) is 9.78 Å². The van der Waals surface area contributed by atoms with Crippen molar-refractivity contribution in [3.05, 3.63) is 77.1 Å². The summed E-state index contributed by atoms with van der Waals surface area (Å²) in [5, 5.41) is 5.63. The summed E-state index contributed by atoms with van der Waals surface area (Å²) in [5.74, 6) is -0.643. The van der Waals surface area contributed by atoms with Gasteiger partial charge in [-0.15, -0.1) is 0 Å². The van der Waals surface area contributed by atoms with Crippen LogP contribution in [0.3, 0.4) is 0 Å². The second-order valence-corrected chi connectivity index (χ2v) is 5.46. The second kappa shape index (κ2) is 7.67. The number of hydrogen-bond donors (Lipinski definition) is 2. The van der Waals surface area contributed by atoms with E-state index in [0.717, 1.165) is 5.56 Å². The number of nitrogens with one attached hydrogen (secondary N) is 2. The van der Waals surface area contributed by atoms with Crippen LogP contribution < -0.4 is 10.6 Å². The number of rotatable bonds is 5. The highest BCUT2D eigenvalue weighted by Crippen LogP contribution is 2.21. The molecule has 3 aromatic rings. The summed E-state index contributed by atoms with van der Waals surface area (Å²) < 4.78 is 13.2. The van der Waals surface area contributed by atoms with Crippen molar-refractivity contribution < 1.29 is 9.18 Å².